The van der Waals surface area contributed by atoms with Crippen LogP contribution in [-0.4, -0.2) is 27.7 Å². The van der Waals surface area contributed by atoms with Crippen LogP contribution in [0.25, 0.3) is 22.1 Å². The van der Waals surface area contributed by atoms with Crippen molar-refractivity contribution in [3.63, 3.8) is 0 Å². The summed E-state index contributed by atoms with van der Waals surface area (Å²) in [5, 5.41) is 3.47. The first-order valence-electron chi connectivity index (χ1n) is 9.93. The van der Waals surface area contributed by atoms with Crippen molar-refractivity contribution < 1.29 is 9.15 Å². The number of imidazole rings is 1. The van der Waals surface area contributed by atoms with Gasteiger partial charge >= 0.3 is 0 Å². The standard InChI is InChI=1S/C22H24N4O2/c1-27-17-8-10-20-19(12-17)23-14-26(20)13-15-7-9-18-21(11-15)28-22(25-18)24-16-5-3-2-4-6-16/h7-12,14,16H,2-6,13H2,1H3,(H,24,25). The summed E-state index contributed by atoms with van der Waals surface area (Å²) in [7, 11) is 1.67. The van der Waals surface area contributed by atoms with E-state index < -0.39 is 0 Å². The van der Waals surface area contributed by atoms with Gasteiger partial charge in [-0.15, -0.1) is 0 Å². The average molecular weight is 376 g/mol. The smallest absolute Gasteiger partial charge is 0.295 e. The van der Waals surface area contributed by atoms with Crippen LogP contribution in [0.5, 0.6) is 5.75 Å². The maximum absolute atomic E-state index is 5.98. The predicted octanol–water partition coefficient (Wildman–Crippen LogP) is 4.98. The van der Waals surface area contributed by atoms with Gasteiger partial charge in [0.1, 0.15) is 11.3 Å². The van der Waals surface area contributed by atoms with Crippen LogP contribution < -0.4 is 10.1 Å². The highest BCUT2D eigenvalue weighted by Gasteiger charge is 2.16. The maximum atomic E-state index is 5.98. The zero-order chi connectivity index (χ0) is 18.9. The molecule has 4 aromatic rings. The van der Waals surface area contributed by atoms with Crippen molar-refractivity contribution in [2.75, 3.05) is 12.4 Å². The Morgan fingerprint density at radius 2 is 2.00 bits per heavy atom. The monoisotopic (exact) mass is 376 g/mol. The minimum Gasteiger partial charge on any atom is -0.497 e. The van der Waals surface area contributed by atoms with E-state index in [0.717, 1.165) is 40.0 Å². The number of nitrogens with one attached hydrogen (secondary N) is 1. The highest BCUT2D eigenvalue weighted by atomic mass is 16.5. The fourth-order valence-corrected chi connectivity index (χ4v) is 4.04. The summed E-state index contributed by atoms with van der Waals surface area (Å²) in [5.41, 5.74) is 4.88. The molecule has 1 aliphatic carbocycles. The molecular formula is C22H24N4O2. The highest BCUT2D eigenvalue weighted by Crippen LogP contribution is 2.26. The quantitative estimate of drug-likeness (QED) is 0.532. The number of oxazole rings is 1. The number of benzene rings is 2. The lowest BCUT2D eigenvalue weighted by Crippen LogP contribution is -2.22. The zero-order valence-electron chi connectivity index (χ0n) is 16.0. The fraction of sp³-hybridized carbons (Fsp3) is 0.364. The third kappa shape index (κ3) is 3.30. The molecule has 0 amide bonds. The molecule has 2 aromatic heterocycles. The Morgan fingerprint density at radius 1 is 1.11 bits per heavy atom. The largest absolute Gasteiger partial charge is 0.497 e. The van der Waals surface area contributed by atoms with Crippen LogP contribution in [0.2, 0.25) is 0 Å². The van der Waals surface area contributed by atoms with Crippen LogP contribution in [0.15, 0.2) is 47.1 Å². The van der Waals surface area contributed by atoms with Crippen molar-refractivity contribution >= 4 is 28.1 Å². The van der Waals surface area contributed by atoms with E-state index in [1.165, 1.54) is 32.1 Å². The van der Waals surface area contributed by atoms with E-state index in [2.05, 4.69) is 32.0 Å². The molecule has 1 aliphatic rings. The maximum Gasteiger partial charge on any atom is 0.295 e. The SMILES string of the molecule is COc1ccc2c(c1)ncn2Cc1ccc2nc(NC3CCCCC3)oc2c1. The van der Waals surface area contributed by atoms with Gasteiger partial charge in [0.25, 0.3) is 6.01 Å². The number of fused-ring (bicyclic) bond motifs is 2. The van der Waals surface area contributed by atoms with Crippen LogP contribution in [0.1, 0.15) is 37.7 Å². The Labute approximate surface area is 163 Å². The van der Waals surface area contributed by atoms with E-state index in [1.54, 1.807) is 7.11 Å². The Bertz CT molecular complexity index is 1110. The van der Waals surface area contributed by atoms with Gasteiger partial charge in [-0.25, -0.2) is 4.98 Å². The average Bonchev–Trinajstić information content (AvgIpc) is 3.31. The molecule has 0 saturated heterocycles. The van der Waals surface area contributed by atoms with Crippen molar-refractivity contribution in [3.05, 3.63) is 48.3 Å². The van der Waals surface area contributed by atoms with Crippen LogP contribution in [0, 0.1) is 0 Å². The minimum atomic E-state index is 0.482. The van der Waals surface area contributed by atoms with Gasteiger partial charge in [-0.2, -0.15) is 4.98 Å². The van der Waals surface area contributed by atoms with Crippen molar-refractivity contribution in [2.24, 2.45) is 0 Å². The summed E-state index contributed by atoms with van der Waals surface area (Å²) in [4.78, 5) is 9.10. The third-order valence-corrected chi connectivity index (χ3v) is 5.57. The topological polar surface area (TPSA) is 65.1 Å². The molecule has 1 N–H and O–H groups in total. The lowest BCUT2D eigenvalue weighted by molar-refractivity contribution is 0.415. The number of aromatic nitrogens is 3. The Balaban J connectivity index is 1.37. The highest BCUT2D eigenvalue weighted by molar-refractivity contribution is 5.78. The summed E-state index contributed by atoms with van der Waals surface area (Å²) in [6, 6.07) is 13.3. The van der Waals surface area contributed by atoms with E-state index in [-0.39, 0.29) is 0 Å². The Kier molecular flexibility index (Phi) is 4.39. The molecule has 0 unspecified atom stereocenters. The molecule has 2 heterocycles. The predicted molar refractivity (Wildman–Crippen MR) is 110 cm³/mol. The third-order valence-electron chi connectivity index (χ3n) is 5.57. The summed E-state index contributed by atoms with van der Waals surface area (Å²) in [6.07, 6.45) is 8.17. The first-order valence-corrected chi connectivity index (χ1v) is 9.93. The van der Waals surface area contributed by atoms with Gasteiger partial charge < -0.3 is 19.0 Å². The number of hydrogen-bond acceptors (Lipinski definition) is 5. The lowest BCUT2D eigenvalue weighted by Gasteiger charge is -2.21. The Morgan fingerprint density at radius 3 is 2.86 bits per heavy atom. The van der Waals surface area contributed by atoms with E-state index in [4.69, 9.17) is 9.15 Å². The second kappa shape index (κ2) is 7.19. The van der Waals surface area contributed by atoms with Crippen LogP contribution >= 0.6 is 0 Å². The number of anilines is 1. The Hall–Kier alpha value is -3.02. The molecular weight excluding hydrogens is 352 g/mol. The lowest BCUT2D eigenvalue weighted by atomic mass is 9.96. The van der Waals surface area contributed by atoms with E-state index >= 15 is 0 Å². The molecule has 2 aromatic carbocycles. The molecule has 1 fully saturated rings. The molecule has 1 saturated carbocycles. The van der Waals surface area contributed by atoms with E-state index in [1.807, 2.05) is 30.6 Å². The second-order valence-electron chi connectivity index (χ2n) is 7.53. The number of nitrogens with zero attached hydrogens (tertiary/aromatic N) is 3. The molecule has 144 valence electrons. The van der Waals surface area contributed by atoms with Gasteiger partial charge in [-0.3, -0.25) is 0 Å². The summed E-state index contributed by atoms with van der Waals surface area (Å²) < 4.78 is 13.4. The first kappa shape index (κ1) is 17.1. The number of methoxy groups -OCH3 is 1. The van der Waals surface area contributed by atoms with Crippen LogP contribution in [0.4, 0.5) is 6.01 Å². The van der Waals surface area contributed by atoms with Crippen molar-refractivity contribution in [3.8, 4) is 5.75 Å². The molecule has 0 radical (unpaired) electrons. The fourth-order valence-electron chi connectivity index (χ4n) is 4.04. The summed E-state index contributed by atoms with van der Waals surface area (Å²) in [6.45, 7) is 0.727. The van der Waals surface area contributed by atoms with Gasteiger partial charge in [0.05, 0.1) is 24.5 Å². The van der Waals surface area contributed by atoms with Gasteiger partial charge in [-0.1, -0.05) is 25.3 Å². The molecule has 0 bridgehead atoms. The molecule has 5 rings (SSSR count). The van der Waals surface area contributed by atoms with Crippen LogP contribution in [-0.2, 0) is 6.54 Å². The molecule has 28 heavy (non-hydrogen) atoms. The zero-order valence-corrected chi connectivity index (χ0v) is 16.0. The molecule has 0 atom stereocenters. The number of hydrogen-bond donors (Lipinski definition) is 1. The molecule has 6 nitrogen and oxygen atoms in total. The first-order chi connectivity index (χ1) is 13.8. The van der Waals surface area contributed by atoms with Crippen molar-refractivity contribution in [2.45, 2.75) is 44.7 Å². The van der Waals surface area contributed by atoms with Gasteiger partial charge in [-0.05, 0) is 42.7 Å². The van der Waals surface area contributed by atoms with Gasteiger partial charge in [0.2, 0.25) is 0 Å². The van der Waals surface area contributed by atoms with E-state index in [9.17, 15) is 0 Å². The summed E-state index contributed by atoms with van der Waals surface area (Å²) >= 11 is 0. The van der Waals surface area contributed by atoms with Crippen molar-refractivity contribution in [1.82, 2.24) is 14.5 Å². The van der Waals surface area contributed by atoms with Crippen LogP contribution in [0.3, 0.4) is 0 Å². The molecule has 0 spiro atoms. The van der Waals surface area contributed by atoms with E-state index in [0.29, 0.717) is 12.1 Å². The second-order valence-corrected chi connectivity index (χ2v) is 7.53. The number of rotatable bonds is 5. The minimum absolute atomic E-state index is 0.482. The van der Waals surface area contributed by atoms with Gasteiger partial charge in [0, 0.05) is 18.7 Å². The summed E-state index contributed by atoms with van der Waals surface area (Å²) in [5.74, 6) is 0.818. The van der Waals surface area contributed by atoms with Gasteiger partial charge in [0.15, 0.2) is 5.58 Å². The molecule has 6 heteroatoms. The number of ether oxygens (including phenoxy) is 1. The molecule has 0 aliphatic heterocycles. The van der Waals surface area contributed by atoms with Crippen molar-refractivity contribution in [1.29, 1.82) is 0 Å². The normalized spacial score (nSPS) is 15.3.